The molecule has 5 rings (SSSR count). The molecule has 0 bridgehead atoms. The molecule has 1 N–H and O–H groups in total. The minimum Gasteiger partial charge on any atom is -0.494 e. The van der Waals surface area contributed by atoms with E-state index in [4.69, 9.17) is 4.74 Å². The van der Waals surface area contributed by atoms with Crippen molar-refractivity contribution in [3.05, 3.63) is 81.9 Å². The molecule has 0 saturated carbocycles. The lowest BCUT2D eigenvalue weighted by Gasteiger charge is -2.19. The largest absolute Gasteiger partial charge is 0.494 e. The number of ether oxygens (including phenoxy) is 1. The van der Waals surface area contributed by atoms with Gasteiger partial charge < -0.3 is 4.74 Å². The summed E-state index contributed by atoms with van der Waals surface area (Å²) in [6.45, 7) is 0.364. The van der Waals surface area contributed by atoms with Crippen molar-refractivity contribution in [2.24, 2.45) is 0 Å². The van der Waals surface area contributed by atoms with Gasteiger partial charge in [-0.15, -0.1) is 0 Å². The normalized spacial score (nSPS) is 13.0. The van der Waals surface area contributed by atoms with Crippen LogP contribution in [0.2, 0.25) is 0 Å². The Kier molecular flexibility index (Phi) is 5.61. The van der Waals surface area contributed by atoms with Gasteiger partial charge in [0.15, 0.2) is 10.9 Å². The van der Waals surface area contributed by atoms with Crippen molar-refractivity contribution < 1.29 is 22.9 Å². The number of para-hydroxylation sites is 1. The fourth-order valence-electron chi connectivity index (χ4n) is 3.93. The van der Waals surface area contributed by atoms with Crippen molar-refractivity contribution >= 4 is 54.0 Å². The minimum atomic E-state index is -3.77. The minimum absolute atomic E-state index is 0.0859. The van der Waals surface area contributed by atoms with Gasteiger partial charge in [0.05, 0.1) is 33.4 Å². The molecular weight excluding hydrogens is 492 g/mol. The van der Waals surface area contributed by atoms with Crippen LogP contribution in [-0.4, -0.2) is 37.9 Å². The number of hydrogen-bond acceptors (Lipinski definition) is 8. The quantitative estimate of drug-likeness (QED) is 0.303. The maximum atomic E-state index is 13.2. The Morgan fingerprint density at radius 1 is 1.17 bits per heavy atom. The standard InChI is InChI=1S/C23H18N4O6S2/c1-33-19-12-16(27(29)30)13-20-21(19)24-23(34-20)25-22(28)15-6-8-17(9-7-15)35(31,32)26-11-10-14-4-2-3-5-18(14)26/h2-9,12-13H,10-11H2,1H3,(H,24,25,28). The predicted molar refractivity (Wildman–Crippen MR) is 132 cm³/mol. The Balaban J connectivity index is 1.37. The number of sulfonamides is 1. The number of anilines is 2. The van der Waals surface area contributed by atoms with Crippen LogP contribution in [0.5, 0.6) is 5.75 Å². The van der Waals surface area contributed by atoms with Crippen LogP contribution >= 0.6 is 11.3 Å². The first kappa shape index (κ1) is 22.7. The van der Waals surface area contributed by atoms with Crippen molar-refractivity contribution in [2.75, 3.05) is 23.3 Å². The number of nitrogens with one attached hydrogen (secondary N) is 1. The number of fused-ring (bicyclic) bond motifs is 2. The first-order valence-electron chi connectivity index (χ1n) is 10.4. The number of nitro benzene ring substituents is 1. The van der Waals surface area contributed by atoms with Gasteiger partial charge >= 0.3 is 0 Å². The molecule has 178 valence electrons. The number of methoxy groups -OCH3 is 1. The maximum absolute atomic E-state index is 13.2. The van der Waals surface area contributed by atoms with Crippen LogP contribution in [0.15, 0.2) is 65.6 Å². The summed E-state index contributed by atoms with van der Waals surface area (Å²) >= 11 is 1.07. The average molecular weight is 511 g/mol. The van der Waals surface area contributed by atoms with Gasteiger partial charge in [-0.05, 0) is 42.3 Å². The monoisotopic (exact) mass is 510 g/mol. The van der Waals surface area contributed by atoms with Crippen LogP contribution in [0, 0.1) is 10.1 Å². The molecule has 12 heteroatoms. The zero-order chi connectivity index (χ0) is 24.7. The molecule has 1 aliphatic rings. The van der Waals surface area contributed by atoms with Gasteiger partial charge in [0.2, 0.25) is 0 Å². The molecule has 0 saturated heterocycles. The van der Waals surface area contributed by atoms with E-state index in [9.17, 15) is 23.3 Å². The third-order valence-electron chi connectivity index (χ3n) is 5.64. The number of thiazole rings is 1. The molecule has 0 atom stereocenters. The molecule has 35 heavy (non-hydrogen) atoms. The molecule has 0 fully saturated rings. The van der Waals surface area contributed by atoms with Gasteiger partial charge in [-0.2, -0.15) is 0 Å². The van der Waals surface area contributed by atoms with Gasteiger partial charge in [0, 0.05) is 18.2 Å². The van der Waals surface area contributed by atoms with Crippen LogP contribution in [0.3, 0.4) is 0 Å². The third-order valence-corrected chi connectivity index (χ3v) is 8.39. The summed E-state index contributed by atoms with van der Waals surface area (Å²) in [6.07, 6.45) is 0.645. The lowest BCUT2D eigenvalue weighted by molar-refractivity contribution is -0.384. The molecule has 4 aromatic rings. The molecule has 3 aromatic carbocycles. The summed E-state index contributed by atoms with van der Waals surface area (Å²) < 4.78 is 33.4. The molecule has 1 aromatic heterocycles. The van der Waals surface area contributed by atoms with E-state index in [1.54, 1.807) is 12.1 Å². The van der Waals surface area contributed by atoms with Crippen LogP contribution in [0.4, 0.5) is 16.5 Å². The molecule has 2 heterocycles. The van der Waals surface area contributed by atoms with E-state index < -0.39 is 20.9 Å². The Morgan fingerprint density at radius 3 is 2.63 bits per heavy atom. The van der Waals surface area contributed by atoms with E-state index >= 15 is 0 Å². The molecule has 1 aliphatic heterocycles. The second-order valence-corrected chi connectivity index (χ2v) is 10.6. The van der Waals surface area contributed by atoms with Gasteiger partial charge in [0.25, 0.3) is 21.6 Å². The molecule has 1 amide bonds. The van der Waals surface area contributed by atoms with Crippen molar-refractivity contribution in [3.63, 3.8) is 0 Å². The van der Waals surface area contributed by atoms with Gasteiger partial charge in [-0.1, -0.05) is 29.5 Å². The Hall–Kier alpha value is -4.03. The SMILES string of the molecule is COc1cc([N+](=O)[O-])cc2sc(NC(=O)c3ccc(S(=O)(=O)N4CCc5ccccc54)cc3)nc12. The van der Waals surface area contributed by atoms with E-state index in [1.807, 2.05) is 12.1 Å². The average Bonchev–Trinajstić information content (AvgIpc) is 3.47. The van der Waals surface area contributed by atoms with Crippen molar-refractivity contribution in [2.45, 2.75) is 11.3 Å². The second-order valence-electron chi connectivity index (χ2n) is 7.71. The molecule has 0 unspecified atom stereocenters. The number of carbonyl (C=O) groups excluding carboxylic acids is 1. The van der Waals surface area contributed by atoms with Crippen molar-refractivity contribution in [1.29, 1.82) is 0 Å². The maximum Gasteiger partial charge on any atom is 0.274 e. The van der Waals surface area contributed by atoms with Gasteiger partial charge in [0.1, 0.15) is 5.52 Å². The van der Waals surface area contributed by atoms with Crippen LogP contribution in [0.1, 0.15) is 15.9 Å². The summed E-state index contributed by atoms with van der Waals surface area (Å²) in [5, 5.41) is 14.0. The third kappa shape index (κ3) is 4.06. The van der Waals surface area contributed by atoms with E-state index in [2.05, 4.69) is 10.3 Å². The highest BCUT2D eigenvalue weighted by Crippen LogP contribution is 2.36. The first-order chi connectivity index (χ1) is 16.8. The lowest BCUT2D eigenvalue weighted by Crippen LogP contribution is -2.29. The van der Waals surface area contributed by atoms with Gasteiger partial charge in [-0.25, -0.2) is 13.4 Å². The summed E-state index contributed by atoms with van der Waals surface area (Å²) in [6, 6.07) is 15.7. The van der Waals surface area contributed by atoms with E-state index in [-0.39, 0.29) is 27.0 Å². The first-order valence-corrected chi connectivity index (χ1v) is 12.7. The molecule has 10 nitrogen and oxygen atoms in total. The Bertz CT molecular complexity index is 1580. The fourth-order valence-corrected chi connectivity index (χ4v) is 6.35. The molecule has 0 radical (unpaired) electrons. The molecule has 0 aliphatic carbocycles. The fraction of sp³-hybridized carbons (Fsp3) is 0.130. The lowest BCUT2D eigenvalue weighted by atomic mass is 10.2. The Morgan fingerprint density at radius 2 is 1.91 bits per heavy atom. The Labute approximate surface area is 204 Å². The van der Waals surface area contributed by atoms with Gasteiger partial charge in [-0.3, -0.25) is 24.5 Å². The number of amides is 1. The number of rotatable bonds is 6. The number of aromatic nitrogens is 1. The predicted octanol–water partition coefficient (Wildman–Crippen LogP) is 4.22. The van der Waals surface area contributed by atoms with Crippen LogP contribution in [0.25, 0.3) is 10.2 Å². The highest BCUT2D eigenvalue weighted by molar-refractivity contribution is 7.92. The smallest absolute Gasteiger partial charge is 0.274 e. The van der Waals surface area contributed by atoms with E-state index in [0.717, 1.165) is 16.9 Å². The molecule has 0 spiro atoms. The number of hydrogen-bond donors (Lipinski definition) is 1. The number of benzene rings is 3. The highest BCUT2D eigenvalue weighted by Gasteiger charge is 2.30. The van der Waals surface area contributed by atoms with Crippen molar-refractivity contribution in [3.8, 4) is 5.75 Å². The molecular formula is C23H18N4O6S2. The van der Waals surface area contributed by atoms with E-state index in [0.29, 0.717) is 28.9 Å². The second kappa shape index (κ2) is 8.64. The van der Waals surface area contributed by atoms with Crippen molar-refractivity contribution in [1.82, 2.24) is 4.98 Å². The number of nitro groups is 1. The zero-order valence-corrected chi connectivity index (χ0v) is 19.9. The zero-order valence-electron chi connectivity index (χ0n) is 18.3. The number of carbonyl (C=O) groups is 1. The van der Waals surface area contributed by atoms with Crippen LogP contribution < -0.4 is 14.4 Å². The highest BCUT2D eigenvalue weighted by atomic mass is 32.2. The number of non-ortho nitro benzene ring substituents is 1. The topological polar surface area (TPSA) is 132 Å². The number of nitrogens with zero attached hydrogens (tertiary/aromatic N) is 3. The summed E-state index contributed by atoms with van der Waals surface area (Å²) in [5.74, 6) is -0.267. The van der Waals surface area contributed by atoms with E-state index in [1.165, 1.54) is 47.8 Å². The summed E-state index contributed by atoms with van der Waals surface area (Å²) in [7, 11) is -2.39. The van der Waals surface area contributed by atoms with Crippen LogP contribution in [-0.2, 0) is 16.4 Å². The summed E-state index contributed by atoms with van der Waals surface area (Å²) in [5.41, 5.74) is 2.13. The summed E-state index contributed by atoms with van der Waals surface area (Å²) in [4.78, 5) is 27.8.